The van der Waals surface area contributed by atoms with Gasteiger partial charge < -0.3 is 9.30 Å². The number of hydrogen-bond donors (Lipinski definition) is 0. The van der Waals surface area contributed by atoms with Gasteiger partial charge in [-0.15, -0.1) is 22.7 Å². The molecule has 7 heteroatoms. The highest BCUT2D eigenvalue weighted by molar-refractivity contribution is 9.11. The molecule has 1 aliphatic heterocycles. The SMILES string of the molecule is CC1CCN(c2cc(-c3ccc(Br)s3)c3nc(-c4ccc(Br)s4)cn3c2)CC1. The first-order chi connectivity index (χ1) is 13.6. The van der Waals surface area contributed by atoms with E-state index in [0.29, 0.717) is 0 Å². The van der Waals surface area contributed by atoms with Crippen molar-refractivity contribution < 1.29 is 0 Å². The summed E-state index contributed by atoms with van der Waals surface area (Å²) in [6, 6.07) is 10.8. The standard InChI is InChI=1S/C21H19Br2N3S2/c1-13-6-8-25(9-7-13)14-10-15(17-2-4-19(22)27-17)21-24-16(12-26(21)11-14)18-3-5-20(23)28-18/h2-5,10-13H,6-9H2,1H3. The molecule has 28 heavy (non-hydrogen) atoms. The molecule has 0 aromatic carbocycles. The van der Waals surface area contributed by atoms with E-state index in [1.807, 2.05) is 0 Å². The summed E-state index contributed by atoms with van der Waals surface area (Å²) in [5.74, 6) is 0.824. The first kappa shape index (κ1) is 18.9. The fourth-order valence-corrected chi connectivity index (χ4v) is 6.47. The van der Waals surface area contributed by atoms with Gasteiger partial charge in [-0.3, -0.25) is 0 Å². The molecule has 0 spiro atoms. The van der Waals surface area contributed by atoms with Gasteiger partial charge in [0.1, 0.15) is 5.65 Å². The minimum Gasteiger partial charge on any atom is -0.370 e. The van der Waals surface area contributed by atoms with Crippen molar-refractivity contribution in [2.24, 2.45) is 5.92 Å². The minimum atomic E-state index is 0.824. The fourth-order valence-electron chi connectivity index (χ4n) is 3.73. The van der Waals surface area contributed by atoms with Gasteiger partial charge in [0.05, 0.1) is 23.8 Å². The number of pyridine rings is 1. The summed E-state index contributed by atoms with van der Waals surface area (Å²) in [5, 5.41) is 0. The van der Waals surface area contributed by atoms with Gasteiger partial charge in [0, 0.05) is 35.9 Å². The maximum atomic E-state index is 5.01. The number of piperidine rings is 1. The molecule has 4 aromatic heterocycles. The maximum absolute atomic E-state index is 5.01. The molecule has 5 rings (SSSR count). The highest BCUT2D eigenvalue weighted by atomic mass is 79.9. The monoisotopic (exact) mass is 535 g/mol. The number of imidazole rings is 1. The zero-order chi connectivity index (χ0) is 19.3. The van der Waals surface area contributed by atoms with Crippen LogP contribution >= 0.6 is 54.5 Å². The average molecular weight is 537 g/mol. The molecule has 0 unspecified atom stereocenters. The highest BCUT2D eigenvalue weighted by Crippen LogP contribution is 2.38. The van der Waals surface area contributed by atoms with E-state index >= 15 is 0 Å². The molecular formula is C21H19Br2N3S2. The van der Waals surface area contributed by atoms with Crippen LogP contribution in [0.3, 0.4) is 0 Å². The molecule has 0 saturated carbocycles. The van der Waals surface area contributed by atoms with Gasteiger partial charge in [-0.25, -0.2) is 4.98 Å². The lowest BCUT2D eigenvalue weighted by Gasteiger charge is -2.32. The first-order valence-corrected chi connectivity index (χ1v) is 12.6. The van der Waals surface area contributed by atoms with Crippen LogP contribution in [0.25, 0.3) is 26.7 Å². The largest absolute Gasteiger partial charge is 0.370 e. The Morgan fingerprint density at radius 2 is 1.64 bits per heavy atom. The number of anilines is 1. The van der Waals surface area contributed by atoms with Crippen LogP contribution < -0.4 is 4.90 Å². The second-order valence-electron chi connectivity index (χ2n) is 7.35. The molecule has 1 saturated heterocycles. The van der Waals surface area contributed by atoms with Crippen LogP contribution in [0.1, 0.15) is 19.8 Å². The first-order valence-electron chi connectivity index (χ1n) is 9.36. The number of halogens is 2. The summed E-state index contributed by atoms with van der Waals surface area (Å²) in [6.07, 6.45) is 6.93. The molecule has 144 valence electrons. The van der Waals surface area contributed by atoms with Crippen LogP contribution in [-0.4, -0.2) is 22.5 Å². The van der Waals surface area contributed by atoms with E-state index in [-0.39, 0.29) is 0 Å². The number of rotatable bonds is 3. The van der Waals surface area contributed by atoms with Crippen LogP contribution in [0.5, 0.6) is 0 Å². The summed E-state index contributed by atoms with van der Waals surface area (Å²) < 4.78 is 4.48. The van der Waals surface area contributed by atoms with Crippen molar-refractivity contribution in [1.29, 1.82) is 0 Å². The molecule has 0 N–H and O–H groups in total. The van der Waals surface area contributed by atoms with E-state index in [4.69, 9.17) is 4.98 Å². The van der Waals surface area contributed by atoms with E-state index in [1.165, 1.54) is 33.8 Å². The Balaban J connectivity index is 1.65. The number of nitrogens with zero attached hydrogens (tertiary/aromatic N) is 3. The Morgan fingerprint density at radius 3 is 2.29 bits per heavy atom. The van der Waals surface area contributed by atoms with Crippen molar-refractivity contribution in [3.05, 3.63) is 50.3 Å². The predicted octanol–water partition coefficient (Wildman–Crippen LogP) is 7.55. The summed E-state index contributed by atoms with van der Waals surface area (Å²) in [4.78, 5) is 9.95. The molecule has 0 amide bonds. The minimum absolute atomic E-state index is 0.824. The van der Waals surface area contributed by atoms with E-state index in [2.05, 4.69) is 90.8 Å². The Labute approximate surface area is 189 Å². The van der Waals surface area contributed by atoms with Gasteiger partial charge in [0.2, 0.25) is 0 Å². The topological polar surface area (TPSA) is 20.5 Å². The van der Waals surface area contributed by atoms with Gasteiger partial charge >= 0.3 is 0 Å². The van der Waals surface area contributed by atoms with E-state index in [9.17, 15) is 0 Å². The van der Waals surface area contributed by atoms with Gasteiger partial charge in [-0.2, -0.15) is 0 Å². The van der Waals surface area contributed by atoms with Gasteiger partial charge in [0.25, 0.3) is 0 Å². The van der Waals surface area contributed by atoms with Crippen LogP contribution in [0, 0.1) is 5.92 Å². The Hall–Kier alpha value is -1.15. The molecule has 4 aromatic rings. The molecule has 3 nitrogen and oxygen atoms in total. The smallest absolute Gasteiger partial charge is 0.146 e. The molecule has 0 bridgehead atoms. The normalized spacial score (nSPS) is 15.6. The molecule has 0 radical (unpaired) electrons. The number of fused-ring (bicyclic) bond motifs is 1. The number of aromatic nitrogens is 2. The zero-order valence-electron chi connectivity index (χ0n) is 15.4. The van der Waals surface area contributed by atoms with Crippen LogP contribution in [-0.2, 0) is 0 Å². The van der Waals surface area contributed by atoms with E-state index in [0.717, 1.165) is 37.9 Å². The lowest BCUT2D eigenvalue weighted by Crippen LogP contribution is -2.32. The fraction of sp³-hybridized carbons (Fsp3) is 0.286. The van der Waals surface area contributed by atoms with Gasteiger partial charge in [-0.05, 0) is 81.0 Å². The highest BCUT2D eigenvalue weighted by Gasteiger charge is 2.20. The Morgan fingerprint density at radius 1 is 0.964 bits per heavy atom. The average Bonchev–Trinajstić information content (AvgIpc) is 3.40. The predicted molar refractivity (Wildman–Crippen MR) is 128 cm³/mol. The maximum Gasteiger partial charge on any atom is 0.146 e. The van der Waals surface area contributed by atoms with Crippen molar-refractivity contribution in [3.8, 4) is 21.0 Å². The summed E-state index contributed by atoms with van der Waals surface area (Å²) in [5.41, 5.74) is 4.53. The third-order valence-corrected chi connectivity index (χ3v) is 8.65. The second-order valence-corrected chi connectivity index (χ2v) is 12.3. The van der Waals surface area contributed by atoms with Gasteiger partial charge in [-0.1, -0.05) is 6.92 Å². The quantitative estimate of drug-likeness (QED) is 0.269. The molecular weight excluding hydrogens is 518 g/mol. The van der Waals surface area contributed by atoms with Crippen molar-refractivity contribution in [2.45, 2.75) is 19.8 Å². The summed E-state index contributed by atoms with van der Waals surface area (Å²) in [6.45, 7) is 4.61. The zero-order valence-corrected chi connectivity index (χ0v) is 20.2. The third-order valence-electron chi connectivity index (χ3n) is 5.35. The molecule has 0 aliphatic carbocycles. The molecule has 5 heterocycles. The molecule has 0 atom stereocenters. The van der Waals surface area contributed by atoms with Crippen molar-refractivity contribution in [3.63, 3.8) is 0 Å². The molecule has 1 fully saturated rings. The van der Waals surface area contributed by atoms with Crippen LogP contribution in [0.15, 0.2) is 50.3 Å². The number of hydrogen-bond acceptors (Lipinski definition) is 4. The molecule has 1 aliphatic rings. The Bertz CT molecular complexity index is 1140. The number of thiophene rings is 2. The van der Waals surface area contributed by atoms with Crippen LogP contribution in [0.2, 0.25) is 0 Å². The van der Waals surface area contributed by atoms with Gasteiger partial charge in [0.15, 0.2) is 0 Å². The third kappa shape index (κ3) is 3.58. The lowest BCUT2D eigenvalue weighted by atomic mass is 9.99. The van der Waals surface area contributed by atoms with Crippen molar-refractivity contribution >= 4 is 65.9 Å². The Kier molecular flexibility index (Phi) is 5.11. The summed E-state index contributed by atoms with van der Waals surface area (Å²) in [7, 11) is 0. The summed E-state index contributed by atoms with van der Waals surface area (Å²) >= 11 is 10.7. The van der Waals surface area contributed by atoms with Crippen LogP contribution in [0.4, 0.5) is 5.69 Å². The van der Waals surface area contributed by atoms with Crippen molar-refractivity contribution in [1.82, 2.24) is 9.38 Å². The second kappa shape index (κ2) is 7.59. The van der Waals surface area contributed by atoms with Crippen molar-refractivity contribution in [2.75, 3.05) is 18.0 Å². The van der Waals surface area contributed by atoms with E-state index in [1.54, 1.807) is 22.7 Å². The van der Waals surface area contributed by atoms with E-state index < -0.39 is 0 Å². The lowest BCUT2D eigenvalue weighted by molar-refractivity contribution is 0.438.